The maximum absolute atomic E-state index is 12.9. The number of halogens is 3. The van der Waals surface area contributed by atoms with Crippen molar-refractivity contribution in [3.63, 3.8) is 0 Å². The van der Waals surface area contributed by atoms with Crippen LogP contribution < -0.4 is 5.73 Å². The summed E-state index contributed by atoms with van der Waals surface area (Å²) < 4.78 is 38.7. The maximum atomic E-state index is 12.9. The third-order valence-corrected chi connectivity index (χ3v) is 3.63. The van der Waals surface area contributed by atoms with Gasteiger partial charge in [0.2, 0.25) is 0 Å². The Hall–Kier alpha value is -1.25. The lowest BCUT2D eigenvalue weighted by Crippen LogP contribution is -2.22. The van der Waals surface area contributed by atoms with Crippen LogP contribution in [0, 0.1) is 0 Å². The molecule has 0 saturated heterocycles. The number of anilines is 1. The highest BCUT2D eigenvalue weighted by atomic mass is 32.2. The van der Waals surface area contributed by atoms with Gasteiger partial charge in [0.05, 0.1) is 11.7 Å². The Kier molecular flexibility index (Phi) is 6.06. The van der Waals surface area contributed by atoms with Crippen molar-refractivity contribution in [2.75, 3.05) is 11.5 Å². The third-order valence-electron chi connectivity index (χ3n) is 2.78. The summed E-state index contributed by atoms with van der Waals surface area (Å²) in [6.07, 6.45) is -7.79. The maximum Gasteiger partial charge on any atom is 0.416 e. The summed E-state index contributed by atoms with van der Waals surface area (Å²) in [5.41, 5.74) is 3.74. The molecule has 0 aliphatic rings. The molecule has 4 N–H and O–H groups in total. The fraction of sp³-hybridized carbons (Fsp3) is 0.462. The zero-order valence-electron chi connectivity index (χ0n) is 11.2. The number of carbonyl (C=O) groups is 1. The van der Waals surface area contributed by atoms with Crippen LogP contribution in [0.1, 0.15) is 30.6 Å². The number of nitrogen functional groups attached to an aromatic ring is 1. The van der Waals surface area contributed by atoms with Crippen LogP contribution in [0.4, 0.5) is 18.9 Å². The van der Waals surface area contributed by atoms with Gasteiger partial charge in [0, 0.05) is 18.4 Å². The van der Waals surface area contributed by atoms with Crippen LogP contribution >= 0.6 is 11.8 Å². The summed E-state index contributed by atoms with van der Waals surface area (Å²) in [6, 6.07) is 2.99. The molecule has 2 atom stereocenters. The topological polar surface area (TPSA) is 83.5 Å². The van der Waals surface area contributed by atoms with Gasteiger partial charge in [-0.15, -0.1) is 0 Å². The SMILES string of the molecule is CC(=O)SCCC(O)C(O)c1ccc(N)cc1C(F)(F)F. The van der Waals surface area contributed by atoms with Gasteiger partial charge in [-0.05, 0) is 24.1 Å². The molecule has 0 aliphatic carbocycles. The lowest BCUT2D eigenvalue weighted by atomic mass is 9.96. The van der Waals surface area contributed by atoms with Crippen LogP contribution in [0.3, 0.4) is 0 Å². The Bertz CT molecular complexity index is 508. The first-order chi connectivity index (χ1) is 9.62. The second-order valence-electron chi connectivity index (χ2n) is 4.49. The van der Waals surface area contributed by atoms with Gasteiger partial charge < -0.3 is 15.9 Å². The number of aliphatic hydroxyl groups is 2. The minimum Gasteiger partial charge on any atom is -0.399 e. The molecule has 1 rings (SSSR count). The largest absolute Gasteiger partial charge is 0.416 e. The molecule has 0 aromatic heterocycles. The summed E-state index contributed by atoms with van der Waals surface area (Å²) in [6.45, 7) is 1.34. The van der Waals surface area contributed by atoms with Gasteiger partial charge in [-0.1, -0.05) is 17.8 Å². The fourth-order valence-corrected chi connectivity index (χ4v) is 2.41. The third kappa shape index (κ3) is 5.22. The van der Waals surface area contributed by atoms with E-state index in [-0.39, 0.29) is 23.0 Å². The van der Waals surface area contributed by atoms with Crippen molar-refractivity contribution in [2.45, 2.75) is 31.7 Å². The Morgan fingerprint density at radius 3 is 2.52 bits per heavy atom. The Balaban J connectivity index is 2.91. The van der Waals surface area contributed by atoms with Gasteiger partial charge in [0.15, 0.2) is 5.12 Å². The molecule has 0 saturated carbocycles. The molecule has 0 heterocycles. The van der Waals surface area contributed by atoms with Crippen molar-refractivity contribution in [1.82, 2.24) is 0 Å². The number of carbonyl (C=O) groups excluding carboxylic acids is 1. The van der Waals surface area contributed by atoms with Gasteiger partial charge >= 0.3 is 6.18 Å². The summed E-state index contributed by atoms with van der Waals surface area (Å²) >= 11 is 0.932. The number of rotatable bonds is 5. The molecule has 0 spiro atoms. The van der Waals surface area contributed by atoms with Crippen LogP contribution in [0.5, 0.6) is 0 Å². The van der Waals surface area contributed by atoms with E-state index >= 15 is 0 Å². The van der Waals surface area contributed by atoms with Gasteiger partial charge in [-0.25, -0.2) is 0 Å². The molecule has 1 aromatic rings. The second-order valence-corrected chi connectivity index (χ2v) is 5.76. The highest BCUT2D eigenvalue weighted by molar-refractivity contribution is 8.13. The number of benzene rings is 1. The molecule has 21 heavy (non-hydrogen) atoms. The minimum absolute atomic E-state index is 0.00686. The van der Waals surface area contributed by atoms with Crippen molar-refractivity contribution >= 4 is 22.6 Å². The summed E-state index contributed by atoms with van der Waals surface area (Å²) in [7, 11) is 0. The van der Waals surface area contributed by atoms with Crippen molar-refractivity contribution < 1.29 is 28.2 Å². The van der Waals surface area contributed by atoms with Gasteiger partial charge in [-0.3, -0.25) is 4.79 Å². The molecular formula is C13H16F3NO3S. The van der Waals surface area contributed by atoms with Crippen LogP contribution in [-0.2, 0) is 11.0 Å². The van der Waals surface area contributed by atoms with E-state index in [0.717, 1.165) is 23.9 Å². The molecular weight excluding hydrogens is 307 g/mol. The number of hydrogen-bond donors (Lipinski definition) is 3. The van der Waals surface area contributed by atoms with Gasteiger partial charge in [0.1, 0.15) is 6.10 Å². The van der Waals surface area contributed by atoms with Crippen LogP contribution in [-0.4, -0.2) is 27.2 Å². The average molecular weight is 323 g/mol. The van der Waals surface area contributed by atoms with E-state index in [1.807, 2.05) is 0 Å². The molecule has 0 fully saturated rings. The van der Waals surface area contributed by atoms with E-state index in [4.69, 9.17) is 5.73 Å². The quantitative estimate of drug-likeness (QED) is 0.725. The highest BCUT2D eigenvalue weighted by Crippen LogP contribution is 2.37. The summed E-state index contributed by atoms with van der Waals surface area (Å²) in [5, 5.41) is 19.5. The summed E-state index contributed by atoms with van der Waals surface area (Å²) in [5.74, 6) is 0.212. The number of aliphatic hydroxyl groups excluding tert-OH is 2. The van der Waals surface area contributed by atoms with E-state index in [2.05, 4.69) is 0 Å². The van der Waals surface area contributed by atoms with E-state index in [1.54, 1.807) is 0 Å². The number of thioether (sulfide) groups is 1. The Labute approximate surface area is 124 Å². The lowest BCUT2D eigenvalue weighted by molar-refractivity contribution is -0.139. The monoisotopic (exact) mass is 323 g/mol. The fourth-order valence-electron chi connectivity index (χ4n) is 1.77. The van der Waals surface area contributed by atoms with E-state index in [9.17, 15) is 28.2 Å². The van der Waals surface area contributed by atoms with Gasteiger partial charge in [-0.2, -0.15) is 13.2 Å². The van der Waals surface area contributed by atoms with Crippen molar-refractivity contribution in [3.8, 4) is 0 Å². The molecule has 118 valence electrons. The highest BCUT2D eigenvalue weighted by Gasteiger charge is 2.36. The first kappa shape index (κ1) is 17.8. The van der Waals surface area contributed by atoms with Crippen LogP contribution in [0.15, 0.2) is 18.2 Å². The molecule has 0 radical (unpaired) electrons. The van der Waals surface area contributed by atoms with Crippen molar-refractivity contribution in [2.24, 2.45) is 0 Å². The van der Waals surface area contributed by atoms with Gasteiger partial charge in [0.25, 0.3) is 0 Å². The molecule has 0 aliphatic heterocycles. The zero-order chi connectivity index (χ0) is 16.2. The molecule has 4 nitrogen and oxygen atoms in total. The van der Waals surface area contributed by atoms with Crippen molar-refractivity contribution in [1.29, 1.82) is 0 Å². The first-order valence-corrected chi connectivity index (χ1v) is 7.07. The normalized spacial score (nSPS) is 14.8. The number of alkyl halides is 3. The van der Waals surface area contributed by atoms with Crippen LogP contribution in [0.2, 0.25) is 0 Å². The standard InChI is InChI=1S/C13H16F3NO3S/c1-7(18)21-5-4-11(19)12(20)9-3-2-8(17)6-10(9)13(14,15)16/h2-3,6,11-12,19-20H,4-5,17H2,1H3. The average Bonchev–Trinajstić information content (AvgIpc) is 2.36. The molecule has 0 bridgehead atoms. The molecule has 2 unspecified atom stereocenters. The van der Waals surface area contributed by atoms with E-state index in [1.165, 1.54) is 13.0 Å². The lowest BCUT2D eigenvalue weighted by Gasteiger charge is -2.22. The van der Waals surface area contributed by atoms with E-state index in [0.29, 0.717) is 0 Å². The predicted octanol–water partition coefficient (Wildman–Crippen LogP) is 2.35. The summed E-state index contributed by atoms with van der Waals surface area (Å²) in [4.78, 5) is 10.7. The Morgan fingerprint density at radius 1 is 1.38 bits per heavy atom. The van der Waals surface area contributed by atoms with Crippen LogP contribution in [0.25, 0.3) is 0 Å². The Morgan fingerprint density at radius 2 is 2.00 bits per heavy atom. The first-order valence-electron chi connectivity index (χ1n) is 6.09. The smallest absolute Gasteiger partial charge is 0.399 e. The second kappa shape index (κ2) is 7.15. The predicted molar refractivity (Wildman–Crippen MR) is 74.6 cm³/mol. The number of hydrogen-bond acceptors (Lipinski definition) is 5. The molecule has 8 heteroatoms. The van der Waals surface area contributed by atoms with E-state index < -0.39 is 29.5 Å². The molecule has 0 amide bonds. The number of nitrogens with two attached hydrogens (primary N) is 1. The van der Waals surface area contributed by atoms with Crippen molar-refractivity contribution in [3.05, 3.63) is 29.3 Å². The zero-order valence-corrected chi connectivity index (χ0v) is 12.0. The molecule has 1 aromatic carbocycles. The minimum atomic E-state index is -4.68.